The fraction of sp³-hybridized carbons (Fsp3) is 0.261. The Balaban J connectivity index is 1.62. The summed E-state index contributed by atoms with van der Waals surface area (Å²) in [6.07, 6.45) is 6.11. The van der Waals surface area contributed by atoms with E-state index in [2.05, 4.69) is 0 Å². The highest BCUT2D eigenvalue weighted by Crippen LogP contribution is 2.35. The van der Waals surface area contributed by atoms with Crippen LogP contribution in [0.3, 0.4) is 0 Å². The van der Waals surface area contributed by atoms with Crippen molar-refractivity contribution in [1.82, 2.24) is 14.1 Å². The first-order valence-corrected chi connectivity index (χ1v) is 11.8. The average Bonchev–Trinajstić information content (AvgIpc) is 3.36. The first kappa shape index (κ1) is 19.3. The number of aryl methyl sites for hydroxylation is 3. The molecule has 0 unspecified atom stereocenters. The zero-order valence-corrected chi connectivity index (χ0v) is 18.3. The summed E-state index contributed by atoms with van der Waals surface area (Å²) < 4.78 is 3.49. The molecule has 0 aliphatic heterocycles. The Bertz CT molecular complexity index is 1300. The van der Waals surface area contributed by atoms with Gasteiger partial charge in [-0.1, -0.05) is 30.0 Å². The van der Waals surface area contributed by atoms with Gasteiger partial charge in [0.05, 0.1) is 22.5 Å². The van der Waals surface area contributed by atoms with Crippen molar-refractivity contribution in [2.75, 3.05) is 5.75 Å². The molecule has 152 valence electrons. The summed E-state index contributed by atoms with van der Waals surface area (Å²) in [5.41, 5.74) is 2.59. The average molecular weight is 436 g/mol. The van der Waals surface area contributed by atoms with E-state index >= 15 is 0 Å². The highest BCUT2D eigenvalue weighted by atomic mass is 32.2. The summed E-state index contributed by atoms with van der Waals surface area (Å²) in [6.45, 7) is 0. The molecule has 0 amide bonds. The van der Waals surface area contributed by atoms with Crippen LogP contribution in [0.1, 0.15) is 33.8 Å². The largest absolute Gasteiger partial charge is 0.348 e. The van der Waals surface area contributed by atoms with Gasteiger partial charge in [-0.15, -0.1) is 11.3 Å². The van der Waals surface area contributed by atoms with Crippen molar-refractivity contribution in [3.8, 4) is 5.69 Å². The molecular weight excluding hydrogens is 414 g/mol. The monoisotopic (exact) mass is 435 g/mol. The first-order chi connectivity index (χ1) is 14.6. The van der Waals surface area contributed by atoms with Crippen molar-refractivity contribution < 1.29 is 4.79 Å². The highest BCUT2D eigenvalue weighted by Gasteiger charge is 2.23. The number of para-hydroxylation sites is 1. The van der Waals surface area contributed by atoms with Gasteiger partial charge in [0, 0.05) is 18.1 Å². The molecule has 0 radical (unpaired) electrons. The highest BCUT2D eigenvalue weighted by molar-refractivity contribution is 7.99. The topological polar surface area (TPSA) is 56.9 Å². The Morgan fingerprint density at radius 3 is 2.70 bits per heavy atom. The van der Waals surface area contributed by atoms with Gasteiger partial charge in [-0.3, -0.25) is 14.2 Å². The van der Waals surface area contributed by atoms with Crippen molar-refractivity contribution in [1.29, 1.82) is 0 Å². The predicted octanol–water partition coefficient (Wildman–Crippen LogP) is 4.64. The third-order valence-corrected chi connectivity index (χ3v) is 7.66. The van der Waals surface area contributed by atoms with Crippen LogP contribution in [0.25, 0.3) is 15.9 Å². The third-order valence-electron chi connectivity index (χ3n) is 5.53. The molecule has 3 aromatic heterocycles. The lowest BCUT2D eigenvalue weighted by Gasteiger charge is -2.13. The molecule has 1 aliphatic rings. The summed E-state index contributed by atoms with van der Waals surface area (Å²) in [4.78, 5) is 33.3. The fourth-order valence-electron chi connectivity index (χ4n) is 4.04. The first-order valence-electron chi connectivity index (χ1n) is 10.0. The number of thiophene rings is 1. The van der Waals surface area contributed by atoms with Crippen LogP contribution in [0.2, 0.25) is 0 Å². The number of hydrogen-bond acceptors (Lipinski definition) is 5. The molecular formula is C23H21N3O2S2. The fourth-order valence-corrected chi connectivity index (χ4v) is 6.23. The molecule has 30 heavy (non-hydrogen) atoms. The molecule has 1 aromatic carbocycles. The van der Waals surface area contributed by atoms with Gasteiger partial charge in [-0.05, 0) is 55.5 Å². The molecule has 0 atom stereocenters. The number of hydrogen-bond donors (Lipinski definition) is 0. The van der Waals surface area contributed by atoms with Crippen molar-refractivity contribution in [2.24, 2.45) is 7.05 Å². The van der Waals surface area contributed by atoms with Gasteiger partial charge in [-0.2, -0.15) is 0 Å². The maximum absolute atomic E-state index is 13.6. The molecule has 0 spiro atoms. The summed E-state index contributed by atoms with van der Waals surface area (Å²) >= 11 is 2.97. The summed E-state index contributed by atoms with van der Waals surface area (Å²) in [6, 6.07) is 13.3. The molecule has 1 aliphatic carbocycles. The maximum Gasteiger partial charge on any atom is 0.267 e. The van der Waals surface area contributed by atoms with Crippen LogP contribution in [0.5, 0.6) is 0 Å². The van der Waals surface area contributed by atoms with Crippen LogP contribution < -0.4 is 5.56 Å². The number of carbonyl (C=O) groups excluding carboxylic acids is 1. The van der Waals surface area contributed by atoms with Crippen LogP contribution in [-0.4, -0.2) is 25.7 Å². The van der Waals surface area contributed by atoms with Gasteiger partial charge in [0.1, 0.15) is 4.83 Å². The number of Topliss-reactive ketones (excluding diaryl/α,β-unsaturated/α-hetero) is 1. The summed E-state index contributed by atoms with van der Waals surface area (Å²) in [5, 5.41) is 1.33. The second kappa shape index (κ2) is 7.89. The van der Waals surface area contributed by atoms with Crippen molar-refractivity contribution in [3.05, 3.63) is 75.1 Å². The number of thioether (sulfide) groups is 1. The van der Waals surface area contributed by atoms with E-state index in [0.717, 1.165) is 35.2 Å². The van der Waals surface area contributed by atoms with Crippen molar-refractivity contribution in [3.63, 3.8) is 0 Å². The quantitative estimate of drug-likeness (QED) is 0.260. The van der Waals surface area contributed by atoms with E-state index in [1.807, 2.05) is 60.3 Å². The molecule has 0 N–H and O–H groups in total. The van der Waals surface area contributed by atoms with Gasteiger partial charge >= 0.3 is 0 Å². The molecule has 0 fully saturated rings. The Kier molecular flexibility index (Phi) is 5.08. The van der Waals surface area contributed by atoms with Gasteiger partial charge in [-0.25, -0.2) is 4.98 Å². The minimum absolute atomic E-state index is 0.0203. The number of ketones is 1. The van der Waals surface area contributed by atoms with E-state index < -0.39 is 0 Å². The molecule has 5 nitrogen and oxygen atoms in total. The Labute approximate surface area is 182 Å². The minimum atomic E-state index is -0.0283. The summed E-state index contributed by atoms with van der Waals surface area (Å²) in [5.74, 6) is 0.250. The third kappa shape index (κ3) is 3.32. The molecule has 3 heterocycles. The number of carbonyl (C=O) groups is 1. The minimum Gasteiger partial charge on any atom is -0.348 e. The van der Waals surface area contributed by atoms with Crippen LogP contribution in [0, 0.1) is 0 Å². The van der Waals surface area contributed by atoms with Gasteiger partial charge in [0.15, 0.2) is 10.9 Å². The van der Waals surface area contributed by atoms with Crippen LogP contribution in [0.4, 0.5) is 0 Å². The lowest BCUT2D eigenvalue weighted by Crippen LogP contribution is -2.22. The molecule has 4 aromatic rings. The van der Waals surface area contributed by atoms with Crippen molar-refractivity contribution in [2.45, 2.75) is 30.8 Å². The van der Waals surface area contributed by atoms with Crippen LogP contribution in [0.15, 0.2) is 58.6 Å². The maximum atomic E-state index is 13.6. The molecule has 0 saturated carbocycles. The molecule has 0 saturated heterocycles. The lowest BCUT2D eigenvalue weighted by molar-refractivity contribution is 0.101. The van der Waals surface area contributed by atoms with Crippen molar-refractivity contribution >= 4 is 39.1 Å². The molecule has 5 rings (SSSR count). The summed E-state index contributed by atoms with van der Waals surface area (Å²) in [7, 11) is 1.86. The molecule has 7 heteroatoms. The van der Waals surface area contributed by atoms with Gasteiger partial charge in [0.2, 0.25) is 0 Å². The number of nitrogens with zero attached hydrogens (tertiary/aromatic N) is 3. The standard InChI is InChI=1S/C23H21N3O2S2/c1-25-13-7-11-17(25)18(27)14-29-23-24-21-20(16-10-5-6-12-19(16)30-21)22(28)26(23)15-8-3-2-4-9-15/h2-4,7-9,11,13H,5-6,10,12,14H2,1H3. The number of benzene rings is 1. The van der Waals surface area contributed by atoms with E-state index in [9.17, 15) is 9.59 Å². The lowest BCUT2D eigenvalue weighted by atomic mass is 9.97. The zero-order chi connectivity index (χ0) is 20.7. The predicted molar refractivity (Wildman–Crippen MR) is 122 cm³/mol. The smallest absolute Gasteiger partial charge is 0.267 e. The van der Waals surface area contributed by atoms with Gasteiger partial charge in [0.25, 0.3) is 5.56 Å². The molecule has 0 bridgehead atoms. The van der Waals surface area contributed by atoms with E-state index in [-0.39, 0.29) is 17.1 Å². The van der Waals surface area contributed by atoms with E-state index in [0.29, 0.717) is 10.9 Å². The Morgan fingerprint density at radius 2 is 1.93 bits per heavy atom. The van der Waals surface area contributed by atoms with Gasteiger partial charge < -0.3 is 4.57 Å². The number of fused-ring (bicyclic) bond motifs is 3. The normalized spacial score (nSPS) is 13.5. The number of rotatable bonds is 5. The van der Waals surface area contributed by atoms with Crippen LogP contribution >= 0.6 is 23.1 Å². The SMILES string of the molecule is Cn1cccc1C(=O)CSc1nc2sc3c(c2c(=O)n1-c1ccccc1)CCCC3. The number of aromatic nitrogens is 3. The second-order valence-corrected chi connectivity index (χ2v) is 9.50. The Morgan fingerprint density at radius 1 is 1.13 bits per heavy atom. The van der Waals surface area contributed by atoms with E-state index in [1.54, 1.807) is 15.9 Å². The van der Waals surface area contributed by atoms with Crippen LogP contribution in [-0.2, 0) is 19.9 Å². The van der Waals surface area contributed by atoms with E-state index in [1.165, 1.54) is 28.6 Å². The van der Waals surface area contributed by atoms with E-state index in [4.69, 9.17) is 4.98 Å². The Hall–Kier alpha value is -2.64. The zero-order valence-electron chi connectivity index (χ0n) is 16.6. The second-order valence-electron chi connectivity index (χ2n) is 7.48.